The van der Waals surface area contributed by atoms with E-state index in [0.717, 1.165) is 0 Å². The van der Waals surface area contributed by atoms with Gasteiger partial charge in [-0.15, -0.1) is 0 Å². The summed E-state index contributed by atoms with van der Waals surface area (Å²) in [5.74, 6) is -1.64. The summed E-state index contributed by atoms with van der Waals surface area (Å²) in [5.41, 5.74) is 11.1. The number of halogens is 1. The molecule has 0 unspecified atom stereocenters. The molecule has 1 amide bonds. The molecule has 0 atom stereocenters. The highest BCUT2D eigenvalue weighted by atomic mass is 35.5. The predicted octanol–water partition coefficient (Wildman–Crippen LogP) is 1.51. The molecular formula is C11H11ClN2O3. The lowest BCUT2D eigenvalue weighted by Gasteiger charge is -2.05. The van der Waals surface area contributed by atoms with Crippen LogP contribution in [0.25, 0.3) is 6.08 Å². The molecule has 0 saturated heterocycles. The van der Waals surface area contributed by atoms with Gasteiger partial charge < -0.3 is 16.6 Å². The number of anilines is 1. The zero-order valence-electron chi connectivity index (χ0n) is 8.81. The first-order valence-electron chi connectivity index (χ1n) is 4.69. The maximum Gasteiger partial charge on any atom is 0.337 e. The number of carbonyl (C=O) groups excluding carboxylic acids is 1. The van der Waals surface area contributed by atoms with Gasteiger partial charge >= 0.3 is 5.97 Å². The second kappa shape index (κ2) is 5.36. The standard InChI is InChI=1S/C11H11ClN2O3/c12-7-4-6(2-1-3-9(13)15)10(14)8(5-7)11(16)17/h1-2,4-5H,3,14H2,(H2,13,15)(H,16,17). The number of primary amides is 1. The Morgan fingerprint density at radius 1 is 1.41 bits per heavy atom. The van der Waals surface area contributed by atoms with Crippen LogP contribution in [0, 0.1) is 0 Å². The fraction of sp³-hybridized carbons (Fsp3) is 0.0909. The van der Waals surface area contributed by atoms with Crippen LogP contribution < -0.4 is 11.5 Å². The first-order chi connectivity index (χ1) is 7.91. The summed E-state index contributed by atoms with van der Waals surface area (Å²) >= 11 is 5.76. The van der Waals surface area contributed by atoms with Crippen LogP contribution in [0.5, 0.6) is 0 Å². The minimum atomic E-state index is -1.16. The third-order valence-corrected chi connectivity index (χ3v) is 2.24. The van der Waals surface area contributed by atoms with E-state index in [9.17, 15) is 9.59 Å². The Balaban J connectivity index is 3.11. The number of rotatable bonds is 4. The fourth-order valence-corrected chi connectivity index (χ4v) is 1.48. The molecule has 1 aromatic carbocycles. The third kappa shape index (κ3) is 3.49. The molecule has 0 heterocycles. The van der Waals surface area contributed by atoms with Crippen LogP contribution in [0.15, 0.2) is 18.2 Å². The second-order valence-corrected chi connectivity index (χ2v) is 3.77. The largest absolute Gasteiger partial charge is 0.478 e. The molecule has 0 radical (unpaired) electrons. The normalized spacial score (nSPS) is 10.6. The number of hydrogen-bond acceptors (Lipinski definition) is 3. The first kappa shape index (κ1) is 13.1. The fourth-order valence-electron chi connectivity index (χ4n) is 1.26. The van der Waals surface area contributed by atoms with E-state index in [1.807, 2.05) is 0 Å². The molecular weight excluding hydrogens is 244 g/mol. The van der Waals surface area contributed by atoms with E-state index >= 15 is 0 Å². The van der Waals surface area contributed by atoms with Gasteiger partial charge in [-0.3, -0.25) is 4.79 Å². The quantitative estimate of drug-likeness (QED) is 0.708. The van der Waals surface area contributed by atoms with Gasteiger partial charge in [-0.2, -0.15) is 0 Å². The number of aromatic carboxylic acids is 1. The van der Waals surface area contributed by atoms with Gasteiger partial charge in [0.05, 0.1) is 11.3 Å². The zero-order valence-corrected chi connectivity index (χ0v) is 9.57. The van der Waals surface area contributed by atoms with Gasteiger partial charge in [-0.05, 0) is 17.7 Å². The summed E-state index contributed by atoms with van der Waals surface area (Å²) in [6.07, 6.45) is 3.06. The number of carboxylic acid groups (broad SMARTS) is 1. The number of nitrogens with two attached hydrogens (primary N) is 2. The molecule has 0 bridgehead atoms. The second-order valence-electron chi connectivity index (χ2n) is 3.33. The molecule has 1 rings (SSSR count). The molecule has 17 heavy (non-hydrogen) atoms. The molecule has 1 aromatic rings. The number of hydrogen-bond donors (Lipinski definition) is 3. The number of nitrogen functional groups attached to an aromatic ring is 1. The summed E-state index contributed by atoms with van der Waals surface area (Å²) in [6.45, 7) is 0. The lowest BCUT2D eigenvalue weighted by molar-refractivity contribution is -0.117. The lowest BCUT2D eigenvalue weighted by atomic mass is 10.1. The van der Waals surface area contributed by atoms with Crippen molar-refractivity contribution in [1.82, 2.24) is 0 Å². The first-order valence-corrected chi connectivity index (χ1v) is 5.06. The molecule has 0 aromatic heterocycles. The van der Waals surface area contributed by atoms with Crippen molar-refractivity contribution in [2.45, 2.75) is 6.42 Å². The van der Waals surface area contributed by atoms with Crippen molar-refractivity contribution in [3.05, 3.63) is 34.4 Å². The van der Waals surface area contributed by atoms with Crippen LogP contribution in [0.4, 0.5) is 5.69 Å². The molecule has 5 nitrogen and oxygen atoms in total. The van der Waals surface area contributed by atoms with Crippen LogP contribution in [0.2, 0.25) is 5.02 Å². The van der Waals surface area contributed by atoms with Crippen molar-refractivity contribution in [3.8, 4) is 0 Å². The van der Waals surface area contributed by atoms with Gasteiger partial charge in [0.1, 0.15) is 0 Å². The van der Waals surface area contributed by atoms with Crippen molar-refractivity contribution >= 4 is 35.2 Å². The maximum atomic E-state index is 10.9. The van der Waals surface area contributed by atoms with Crippen molar-refractivity contribution in [2.75, 3.05) is 5.73 Å². The Morgan fingerprint density at radius 3 is 2.59 bits per heavy atom. The monoisotopic (exact) mass is 254 g/mol. The number of carboxylic acids is 1. The van der Waals surface area contributed by atoms with E-state index in [4.69, 9.17) is 28.2 Å². The molecule has 0 aliphatic heterocycles. The van der Waals surface area contributed by atoms with Crippen LogP contribution in [-0.2, 0) is 4.79 Å². The van der Waals surface area contributed by atoms with Gasteiger partial charge in [0, 0.05) is 11.4 Å². The molecule has 5 N–H and O–H groups in total. The minimum absolute atomic E-state index is 0.0500. The van der Waals surface area contributed by atoms with E-state index in [2.05, 4.69) is 0 Å². The van der Waals surface area contributed by atoms with Crippen LogP contribution in [-0.4, -0.2) is 17.0 Å². The molecule has 0 spiro atoms. The van der Waals surface area contributed by atoms with Crippen LogP contribution in [0.3, 0.4) is 0 Å². The van der Waals surface area contributed by atoms with E-state index in [-0.39, 0.29) is 22.7 Å². The van der Waals surface area contributed by atoms with E-state index in [1.54, 1.807) is 0 Å². The van der Waals surface area contributed by atoms with Gasteiger partial charge in [0.15, 0.2) is 0 Å². The Kier molecular flexibility index (Phi) is 4.12. The highest BCUT2D eigenvalue weighted by molar-refractivity contribution is 6.31. The van der Waals surface area contributed by atoms with Crippen molar-refractivity contribution < 1.29 is 14.7 Å². The Labute approximate surface area is 103 Å². The molecule has 90 valence electrons. The van der Waals surface area contributed by atoms with Gasteiger partial charge in [0.2, 0.25) is 5.91 Å². The van der Waals surface area contributed by atoms with Gasteiger partial charge in [0.25, 0.3) is 0 Å². The molecule has 0 fully saturated rings. The Hall–Kier alpha value is -2.01. The number of benzene rings is 1. The van der Waals surface area contributed by atoms with Crippen LogP contribution >= 0.6 is 11.6 Å². The molecule has 6 heteroatoms. The highest BCUT2D eigenvalue weighted by Crippen LogP contribution is 2.24. The van der Waals surface area contributed by atoms with Gasteiger partial charge in [-0.1, -0.05) is 23.8 Å². The Bertz CT molecular complexity index is 498. The zero-order chi connectivity index (χ0) is 13.0. The average molecular weight is 255 g/mol. The highest BCUT2D eigenvalue weighted by Gasteiger charge is 2.11. The Morgan fingerprint density at radius 2 is 2.06 bits per heavy atom. The van der Waals surface area contributed by atoms with Crippen LogP contribution in [0.1, 0.15) is 22.3 Å². The van der Waals surface area contributed by atoms with Crippen molar-refractivity contribution in [3.63, 3.8) is 0 Å². The summed E-state index contributed by atoms with van der Waals surface area (Å²) in [7, 11) is 0. The van der Waals surface area contributed by atoms with E-state index in [0.29, 0.717) is 5.56 Å². The average Bonchev–Trinajstić information content (AvgIpc) is 2.21. The molecule has 0 saturated carbocycles. The summed E-state index contributed by atoms with van der Waals surface area (Å²) in [6, 6.07) is 2.78. The summed E-state index contributed by atoms with van der Waals surface area (Å²) < 4.78 is 0. The maximum absolute atomic E-state index is 10.9. The minimum Gasteiger partial charge on any atom is -0.478 e. The lowest BCUT2D eigenvalue weighted by Crippen LogP contribution is -2.08. The summed E-state index contributed by atoms with van der Waals surface area (Å²) in [4.78, 5) is 21.4. The SMILES string of the molecule is NC(=O)CC=Cc1cc(Cl)cc(C(=O)O)c1N. The van der Waals surface area contributed by atoms with E-state index < -0.39 is 11.9 Å². The van der Waals surface area contributed by atoms with Crippen molar-refractivity contribution in [1.29, 1.82) is 0 Å². The topological polar surface area (TPSA) is 106 Å². The summed E-state index contributed by atoms with van der Waals surface area (Å²) in [5, 5.41) is 9.15. The van der Waals surface area contributed by atoms with Crippen molar-refractivity contribution in [2.24, 2.45) is 5.73 Å². The number of amides is 1. The van der Waals surface area contributed by atoms with Gasteiger partial charge in [-0.25, -0.2) is 4.79 Å². The molecule has 0 aliphatic rings. The smallest absolute Gasteiger partial charge is 0.337 e. The predicted molar refractivity (Wildman–Crippen MR) is 65.7 cm³/mol. The number of carbonyl (C=O) groups is 2. The third-order valence-electron chi connectivity index (χ3n) is 2.02. The molecule has 0 aliphatic carbocycles. The van der Waals surface area contributed by atoms with E-state index in [1.165, 1.54) is 24.3 Å².